The second kappa shape index (κ2) is 5.99. The number of hydrogen-bond donors (Lipinski definition) is 2. The van der Waals surface area contributed by atoms with E-state index in [4.69, 9.17) is 4.74 Å². The average Bonchev–Trinajstić information content (AvgIpc) is 2.97. The van der Waals surface area contributed by atoms with E-state index in [0.29, 0.717) is 12.7 Å². The van der Waals surface area contributed by atoms with Crippen molar-refractivity contribution in [2.75, 3.05) is 19.8 Å². The second-order valence-corrected chi connectivity index (χ2v) is 5.35. The van der Waals surface area contributed by atoms with E-state index < -0.39 is 0 Å². The van der Waals surface area contributed by atoms with Crippen LogP contribution in [-0.2, 0) is 4.74 Å². The maximum atomic E-state index is 9.44. The molecule has 0 radical (unpaired) electrons. The number of ether oxygens (including phenoxy) is 1. The summed E-state index contributed by atoms with van der Waals surface area (Å²) < 4.78 is 5.60. The predicted molar refractivity (Wildman–Crippen MR) is 64.5 cm³/mol. The van der Waals surface area contributed by atoms with Gasteiger partial charge in [0.1, 0.15) is 0 Å². The molecule has 2 aliphatic rings. The van der Waals surface area contributed by atoms with Crippen LogP contribution in [0.3, 0.4) is 0 Å². The van der Waals surface area contributed by atoms with E-state index in [2.05, 4.69) is 5.32 Å². The molecule has 3 heteroatoms. The Morgan fingerprint density at radius 2 is 2.06 bits per heavy atom. The summed E-state index contributed by atoms with van der Waals surface area (Å²) in [5.74, 6) is 0. The Hall–Kier alpha value is -0.120. The molecule has 2 rings (SSSR count). The third kappa shape index (κ3) is 3.19. The molecule has 1 saturated heterocycles. The standard InChI is InChI=1S/C13H25NO2/c15-11-13(7-1-2-8-13)14-9-3-5-12-6-4-10-16-12/h12,14-15H,1-11H2. The molecule has 1 heterocycles. The number of aliphatic hydroxyl groups excluding tert-OH is 1. The van der Waals surface area contributed by atoms with Gasteiger partial charge in [0.2, 0.25) is 0 Å². The second-order valence-electron chi connectivity index (χ2n) is 5.35. The molecule has 0 aromatic rings. The summed E-state index contributed by atoms with van der Waals surface area (Å²) in [6.45, 7) is 2.28. The first-order chi connectivity index (χ1) is 7.85. The van der Waals surface area contributed by atoms with Crippen LogP contribution in [0.2, 0.25) is 0 Å². The first-order valence-corrected chi connectivity index (χ1v) is 6.82. The molecule has 1 aliphatic carbocycles. The molecule has 1 unspecified atom stereocenters. The average molecular weight is 227 g/mol. The molecule has 0 spiro atoms. The van der Waals surface area contributed by atoms with E-state index in [1.54, 1.807) is 0 Å². The molecular weight excluding hydrogens is 202 g/mol. The third-order valence-electron chi connectivity index (χ3n) is 4.09. The number of aliphatic hydroxyl groups is 1. The van der Waals surface area contributed by atoms with Crippen molar-refractivity contribution in [2.24, 2.45) is 0 Å². The molecule has 0 amide bonds. The Kier molecular flexibility index (Phi) is 4.62. The van der Waals surface area contributed by atoms with Crippen molar-refractivity contribution in [1.29, 1.82) is 0 Å². The summed E-state index contributed by atoms with van der Waals surface area (Å²) in [5, 5.41) is 13.0. The van der Waals surface area contributed by atoms with Crippen molar-refractivity contribution in [3.8, 4) is 0 Å². The van der Waals surface area contributed by atoms with E-state index in [9.17, 15) is 5.11 Å². The minimum atomic E-state index is 0.0521. The summed E-state index contributed by atoms with van der Waals surface area (Å²) in [6.07, 6.45) is 10.1. The monoisotopic (exact) mass is 227 g/mol. The van der Waals surface area contributed by atoms with Crippen LogP contribution in [-0.4, -0.2) is 36.5 Å². The largest absolute Gasteiger partial charge is 0.394 e. The molecule has 16 heavy (non-hydrogen) atoms. The van der Waals surface area contributed by atoms with Crippen molar-refractivity contribution in [3.05, 3.63) is 0 Å². The van der Waals surface area contributed by atoms with Gasteiger partial charge in [-0.1, -0.05) is 12.8 Å². The van der Waals surface area contributed by atoms with Crippen LogP contribution in [0.5, 0.6) is 0 Å². The molecule has 1 saturated carbocycles. The van der Waals surface area contributed by atoms with Gasteiger partial charge in [0.05, 0.1) is 12.7 Å². The molecule has 0 bridgehead atoms. The quantitative estimate of drug-likeness (QED) is 0.680. The lowest BCUT2D eigenvalue weighted by Crippen LogP contribution is -2.46. The fraction of sp³-hybridized carbons (Fsp3) is 1.00. The van der Waals surface area contributed by atoms with Crippen LogP contribution >= 0.6 is 0 Å². The highest BCUT2D eigenvalue weighted by atomic mass is 16.5. The van der Waals surface area contributed by atoms with Crippen molar-refractivity contribution in [2.45, 2.75) is 63.0 Å². The molecule has 2 fully saturated rings. The highest BCUT2D eigenvalue weighted by Crippen LogP contribution is 2.29. The van der Waals surface area contributed by atoms with Crippen molar-refractivity contribution >= 4 is 0 Å². The van der Waals surface area contributed by atoms with E-state index in [0.717, 1.165) is 26.0 Å². The molecule has 1 aliphatic heterocycles. The lowest BCUT2D eigenvalue weighted by atomic mass is 9.98. The van der Waals surface area contributed by atoms with Crippen molar-refractivity contribution in [1.82, 2.24) is 5.32 Å². The Balaban J connectivity index is 1.59. The Morgan fingerprint density at radius 1 is 1.25 bits per heavy atom. The van der Waals surface area contributed by atoms with Gasteiger partial charge in [-0.3, -0.25) is 0 Å². The van der Waals surface area contributed by atoms with Crippen LogP contribution in [0.25, 0.3) is 0 Å². The topological polar surface area (TPSA) is 41.5 Å². The first kappa shape index (κ1) is 12.3. The lowest BCUT2D eigenvalue weighted by Gasteiger charge is -2.28. The Labute approximate surface area is 98.6 Å². The van der Waals surface area contributed by atoms with Gasteiger partial charge in [0.15, 0.2) is 0 Å². The molecule has 0 aromatic heterocycles. The highest BCUT2D eigenvalue weighted by Gasteiger charge is 2.32. The van der Waals surface area contributed by atoms with Gasteiger partial charge in [0, 0.05) is 12.1 Å². The zero-order valence-corrected chi connectivity index (χ0v) is 10.2. The number of nitrogens with one attached hydrogen (secondary N) is 1. The normalized spacial score (nSPS) is 28.7. The van der Waals surface area contributed by atoms with Crippen LogP contribution in [0.15, 0.2) is 0 Å². The molecule has 0 aromatic carbocycles. The molecule has 2 N–H and O–H groups in total. The van der Waals surface area contributed by atoms with Crippen LogP contribution in [0, 0.1) is 0 Å². The zero-order valence-electron chi connectivity index (χ0n) is 10.2. The van der Waals surface area contributed by atoms with Crippen LogP contribution < -0.4 is 5.32 Å². The number of hydrogen-bond acceptors (Lipinski definition) is 3. The molecule has 94 valence electrons. The van der Waals surface area contributed by atoms with E-state index in [1.165, 1.54) is 38.5 Å². The van der Waals surface area contributed by atoms with Gasteiger partial charge < -0.3 is 15.2 Å². The van der Waals surface area contributed by atoms with E-state index in [1.807, 2.05) is 0 Å². The maximum absolute atomic E-state index is 9.44. The van der Waals surface area contributed by atoms with E-state index in [-0.39, 0.29) is 5.54 Å². The van der Waals surface area contributed by atoms with Gasteiger partial charge in [0.25, 0.3) is 0 Å². The third-order valence-corrected chi connectivity index (χ3v) is 4.09. The summed E-state index contributed by atoms with van der Waals surface area (Å²) in [7, 11) is 0. The van der Waals surface area contributed by atoms with E-state index >= 15 is 0 Å². The van der Waals surface area contributed by atoms with Gasteiger partial charge in [-0.2, -0.15) is 0 Å². The van der Waals surface area contributed by atoms with Crippen LogP contribution in [0.4, 0.5) is 0 Å². The minimum absolute atomic E-state index is 0.0521. The smallest absolute Gasteiger partial charge is 0.0613 e. The molecular formula is C13H25NO2. The Morgan fingerprint density at radius 3 is 2.69 bits per heavy atom. The molecule has 3 nitrogen and oxygen atoms in total. The predicted octanol–water partition coefficient (Wildman–Crippen LogP) is 1.84. The molecule has 1 atom stereocenters. The first-order valence-electron chi connectivity index (χ1n) is 6.82. The number of rotatable bonds is 6. The lowest BCUT2D eigenvalue weighted by molar-refractivity contribution is 0.100. The fourth-order valence-electron chi connectivity index (χ4n) is 3.00. The van der Waals surface area contributed by atoms with Crippen molar-refractivity contribution < 1.29 is 9.84 Å². The summed E-state index contributed by atoms with van der Waals surface area (Å²) in [6, 6.07) is 0. The maximum Gasteiger partial charge on any atom is 0.0613 e. The van der Waals surface area contributed by atoms with Gasteiger partial charge in [-0.05, 0) is 45.1 Å². The van der Waals surface area contributed by atoms with Gasteiger partial charge in [-0.15, -0.1) is 0 Å². The van der Waals surface area contributed by atoms with Crippen LogP contribution in [0.1, 0.15) is 51.4 Å². The van der Waals surface area contributed by atoms with Gasteiger partial charge in [-0.25, -0.2) is 0 Å². The summed E-state index contributed by atoms with van der Waals surface area (Å²) >= 11 is 0. The van der Waals surface area contributed by atoms with Crippen molar-refractivity contribution in [3.63, 3.8) is 0 Å². The minimum Gasteiger partial charge on any atom is -0.394 e. The zero-order chi connectivity index (χ0) is 11.3. The highest BCUT2D eigenvalue weighted by molar-refractivity contribution is 4.91. The SMILES string of the molecule is OCC1(NCCCC2CCCO2)CCCC1. The Bertz CT molecular complexity index is 196. The van der Waals surface area contributed by atoms with Gasteiger partial charge >= 0.3 is 0 Å². The summed E-state index contributed by atoms with van der Waals surface area (Å²) in [4.78, 5) is 0. The fourth-order valence-corrected chi connectivity index (χ4v) is 3.00. The summed E-state index contributed by atoms with van der Waals surface area (Å²) in [5.41, 5.74) is 0.0521.